The van der Waals surface area contributed by atoms with Gasteiger partial charge in [0.05, 0.1) is 0 Å². The fraction of sp³-hybridized carbons (Fsp3) is 0.531. The molecule has 0 saturated heterocycles. The van der Waals surface area contributed by atoms with Gasteiger partial charge in [-0.05, 0) is 119 Å². The van der Waals surface area contributed by atoms with Crippen LogP contribution in [0, 0.1) is 30.1 Å². The first-order chi connectivity index (χ1) is 16.0. The van der Waals surface area contributed by atoms with Crippen LogP contribution in [-0.4, -0.2) is 8.07 Å². The first-order valence-electron chi connectivity index (χ1n) is 13.9. The van der Waals surface area contributed by atoms with E-state index in [0.717, 1.165) is 23.7 Å². The number of hydrogen-bond donors (Lipinski definition) is 0. The van der Waals surface area contributed by atoms with E-state index in [9.17, 15) is 0 Å². The van der Waals surface area contributed by atoms with Crippen LogP contribution in [0.15, 0.2) is 42.0 Å². The van der Waals surface area contributed by atoms with Crippen LogP contribution in [0.4, 0.5) is 0 Å². The minimum Gasteiger partial charge on any atom is -0.0616 e. The summed E-state index contributed by atoms with van der Waals surface area (Å²) in [5.74, 6) is 3.88. The molecule has 1 radical (unpaired) electrons. The molecule has 0 amide bonds. The summed E-state index contributed by atoms with van der Waals surface area (Å²) < 4.78 is 0. The zero-order valence-electron chi connectivity index (χ0n) is 20.4. The average Bonchev–Trinajstić information content (AvgIpc) is 3.48. The van der Waals surface area contributed by atoms with Crippen LogP contribution in [-0.2, 0) is 5.41 Å². The van der Waals surface area contributed by atoms with Gasteiger partial charge in [0.1, 0.15) is 8.07 Å². The molecular formula is C32H37Si. The molecule has 6 aliphatic carbocycles. The topological polar surface area (TPSA) is 0 Å². The Hall–Kier alpha value is -1.60. The maximum absolute atomic E-state index is 2.62. The maximum Gasteiger partial charge on any atom is 0.113 e. The Bertz CT molecular complexity index is 1150. The van der Waals surface area contributed by atoms with Crippen molar-refractivity contribution < 1.29 is 0 Å². The summed E-state index contributed by atoms with van der Waals surface area (Å²) in [7, 11) is -1.62. The molecule has 0 aromatic heterocycles. The van der Waals surface area contributed by atoms with Gasteiger partial charge in [-0.3, -0.25) is 0 Å². The Balaban J connectivity index is 1.21. The molecule has 2 aromatic carbocycles. The van der Waals surface area contributed by atoms with Crippen molar-refractivity contribution in [2.24, 2.45) is 23.7 Å². The first kappa shape index (κ1) is 19.7. The second kappa shape index (κ2) is 6.54. The summed E-state index contributed by atoms with van der Waals surface area (Å²) in [6.07, 6.45) is 17.3. The molecule has 1 heterocycles. The van der Waals surface area contributed by atoms with E-state index in [-0.39, 0.29) is 0 Å². The van der Waals surface area contributed by atoms with E-state index in [1.54, 1.807) is 27.5 Å². The van der Waals surface area contributed by atoms with Crippen LogP contribution in [0.2, 0.25) is 13.1 Å². The fourth-order valence-electron chi connectivity index (χ4n) is 10.0. The largest absolute Gasteiger partial charge is 0.113 e. The average molecular weight is 450 g/mol. The van der Waals surface area contributed by atoms with Crippen molar-refractivity contribution in [3.63, 3.8) is 0 Å². The van der Waals surface area contributed by atoms with Gasteiger partial charge < -0.3 is 0 Å². The van der Waals surface area contributed by atoms with Gasteiger partial charge in [0.15, 0.2) is 0 Å². The van der Waals surface area contributed by atoms with E-state index in [0.29, 0.717) is 5.41 Å². The van der Waals surface area contributed by atoms with E-state index in [1.165, 1.54) is 75.3 Å². The number of rotatable bonds is 3. The highest BCUT2D eigenvalue weighted by molar-refractivity contribution is 7.07. The lowest BCUT2D eigenvalue weighted by molar-refractivity contribution is -0.00518. The van der Waals surface area contributed by atoms with Gasteiger partial charge in [0.2, 0.25) is 0 Å². The van der Waals surface area contributed by atoms with Crippen molar-refractivity contribution in [2.75, 3.05) is 0 Å². The van der Waals surface area contributed by atoms with Crippen LogP contribution in [0.3, 0.4) is 0 Å². The highest BCUT2D eigenvalue weighted by Crippen LogP contribution is 2.61. The normalized spacial score (nSPS) is 35.3. The van der Waals surface area contributed by atoms with Crippen LogP contribution in [0.25, 0.3) is 16.3 Å². The van der Waals surface area contributed by atoms with Gasteiger partial charge >= 0.3 is 0 Å². The minimum absolute atomic E-state index is 0.511. The highest BCUT2D eigenvalue weighted by Gasteiger charge is 2.52. The third-order valence-corrected chi connectivity index (χ3v) is 14.6. The summed E-state index contributed by atoms with van der Waals surface area (Å²) in [5.41, 5.74) is 10.2. The molecule has 0 N–H and O–H groups in total. The monoisotopic (exact) mass is 449 g/mol. The summed E-state index contributed by atoms with van der Waals surface area (Å²) in [4.78, 5) is 0. The second-order valence-corrected chi connectivity index (χ2v) is 17.6. The van der Waals surface area contributed by atoms with Crippen molar-refractivity contribution in [1.82, 2.24) is 0 Å². The highest BCUT2D eigenvalue weighted by atomic mass is 28.3. The lowest BCUT2D eigenvalue weighted by atomic mass is 9.48. The van der Waals surface area contributed by atoms with Gasteiger partial charge in [-0.25, -0.2) is 0 Å². The Labute approximate surface area is 200 Å². The molecule has 6 bridgehead atoms. The van der Waals surface area contributed by atoms with Crippen molar-refractivity contribution in [3.05, 3.63) is 65.1 Å². The lowest BCUT2D eigenvalue weighted by Gasteiger charge is -2.57. The molecule has 1 heteroatoms. The molecule has 5 saturated carbocycles. The Kier molecular flexibility index (Phi) is 3.90. The molecule has 7 aliphatic rings. The molecule has 169 valence electrons. The molecule has 1 aliphatic heterocycles. The van der Waals surface area contributed by atoms with E-state index in [1.807, 2.05) is 5.20 Å². The zero-order chi connectivity index (χ0) is 21.9. The van der Waals surface area contributed by atoms with Crippen LogP contribution >= 0.6 is 0 Å². The molecule has 2 aromatic rings. The second-order valence-electron chi connectivity index (χ2n) is 13.3. The predicted octanol–water partition coefficient (Wildman–Crippen LogP) is 7.80. The molecule has 0 unspecified atom stereocenters. The first-order valence-corrected chi connectivity index (χ1v) is 16.9. The Morgan fingerprint density at radius 1 is 0.758 bits per heavy atom. The molecule has 0 atom stereocenters. The van der Waals surface area contributed by atoms with Crippen molar-refractivity contribution >= 4 is 18.5 Å². The molecule has 33 heavy (non-hydrogen) atoms. The van der Waals surface area contributed by atoms with Gasteiger partial charge in [0, 0.05) is 6.42 Å². The molecule has 0 spiro atoms. The standard InChI is InChI=1S/C32H37Si/c1-33(2)28-12-9-25-16-27(23-5-3-4-6-23)31(33)30(25)29(28)24-7-10-26(11-8-24)32-17-20-13-21(18-32)15-22(14-20)19-32/h7-12,16,20-23H,3-6,13-15,17-19H2,1-2H3. The van der Waals surface area contributed by atoms with Crippen molar-refractivity contribution in [1.29, 1.82) is 0 Å². The molecule has 0 nitrogen and oxygen atoms in total. The number of benzene rings is 2. The minimum atomic E-state index is -1.62. The third kappa shape index (κ3) is 2.58. The van der Waals surface area contributed by atoms with Crippen LogP contribution in [0.5, 0.6) is 0 Å². The Morgan fingerprint density at radius 3 is 2.03 bits per heavy atom. The van der Waals surface area contributed by atoms with Gasteiger partial charge in [0.25, 0.3) is 0 Å². The van der Waals surface area contributed by atoms with Crippen LogP contribution < -0.4 is 5.19 Å². The predicted molar refractivity (Wildman–Crippen MR) is 141 cm³/mol. The SMILES string of the molecule is C[Si]1(C)C2=C(C3CCCC3)[CH]c3ccc1c(-c1ccc(C45CC6CC(CC(C6)C4)C5)cc1)c32. The number of fused-ring (bicyclic) bond motifs is 1. The van der Waals surface area contributed by atoms with Crippen molar-refractivity contribution in [3.8, 4) is 11.1 Å². The van der Waals surface area contributed by atoms with E-state index in [2.05, 4.69) is 55.9 Å². The maximum atomic E-state index is 2.62. The van der Waals surface area contributed by atoms with E-state index < -0.39 is 8.07 Å². The summed E-state index contributed by atoms with van der Waals surface area (Å²) in [6, 6.07) is 15.1. The Morgan fingerprint density at radius 2 is 1.39 bits per heavy atom. The fourth-order valence-corrected chi connectivity index (χ4v) is 13.6. The molecular weight excluding hydrogens is 412 g/mol. The quantitative estimate of drug-likeness (QED) is 0.419. The van der Waals surface area contributed by atoms with E-state index >= 15 is 0 Å². The van der Waals surface area contributed by atoms with Gasteiger partial charge in [-0.2, -0.15) is 0 Å². The van der Waals surface area contributed by atoms with Crippen LogP contribution in [0.1, 0.15) is 80.9 Å². The van der Waals surface area contributed by atoms with E-state index in [4.69, 9.17) is 0 Å². The smallest absolute Gasteiger partial charge is 0.0616 e. The summed E-state index contributed by atoms with van der Waals surface area (Å²) in [5, 5.41) is 3.51. The lowest BCUT2D eigenvalue weighted by Crippen LogP contribution is -2.48. The van der Waals surface area contributed by atoms with Gasteiger partial charge in [-0.1, -0.05) is 67.9 Å². The zero-order valence-corrected chi connectivity index (χ0v) is 21.4. The number of hydrogen-bond acceptors (Lipinski definition) is 0. The van der Waals surface area contributed by atoms with Crippen molar-refractivity contribution in [2.45, 2.75) is 82.7 Å². The summed E-state index contributed by atoms with van der Waals surface area (Å²) >= 11 is 0. The third-order valence-electron chi connectivity index (χ3n) is 11.0. The summed E-state index contributed by atoms with van der Waals surface area (Å²) in [6.45, 7) is 5.24. The van der Waals surface area contributed by atoms with Gasteiger partial charge in [-0.15, -0.1) is 0 Å². The molecule has 5 fully saturated rings. The molecule has 9 rings (SSSR count). The number of allylic oxidation sites excluding steroid dienone is 1.